The maximum atomic E-state index is 13.4. The molecule has 2 rings (SSSR count). The van der Waals surface area contributed by atoms with Crippen LogP contribution in [-0.4, -0.2) is 26.0 Å². The van der Waals surface area contributed by atoms with Gasteiger partial charge in [0.05, 0.1) is 4.90 Å². The SMILES string of the molecule is CSC1CCC(NS(=O)(=O)c2ccc(F)c(CN)c2)C1. The molecule has 0 radical (unpaired) electrons. The van der Waals surface area contributed by atoms with Crippen molar-refractivity contribution in [1.82, 2.24) is 4.72 Å². The first-order chi connectivity index (χ1) is 9.46. The molecule has 0 bridgehead atoms. The number of nitrogens with one attached hydrogen (secondary N) is 1. The van der Waals surface area contributed by atoms with Gasteiger partial charge in [0.2, 0.25) is 10.0 Å². The molecule has 0 heterocycles. The zero-order chi connectivity index (χ0) is 14.8. The molecule has 1 aromatic rings. The largest absolute Gasteiger partial charge is 0.326 e. The van der Waals surface area contributed by atoms with Gasteiger partial charge >= 0.3 is 0 Å². The Morgan fingerprint density at radius 2 is 2.20 bits per heavy atom. The third-order valence-corrected chi connectivity index (χ3v) is 6.20. The van der Waals surface area contributed by atoms with E-state index in [9.17, 15) is 12.8 Å². The van der Waals surface area contributed by atoms with Crippen LogP contribution in [0.2, 0.25) is 0 Å². The number of benzene rings is 1. The fraction of sp³-hybridized carbons (Fsp3) is 0.538. The molecule has 1 saturated carbocycles. The van der Waals surface area contributed by atoms with Crippen LogP contribution >= 0.6 is 11.8 Å². The molecule has 7 heteroatoms. The van der Waals surface area contributed by atoms with E-state index < -0.39 is 15.8 Å². The minimum atomic E-state index is -3.61. The van der Waals surface area contributed by atoms with Gasteiger partial charge in [-0.25, -0.2) is 17.5 Å². The lowest BCUT2D eigenvalue weighted by Crippen LogP contribution is -2.33. The maximum Gasteiger partial charge on any atom is 0.240 e. The van der Waals surface area contributed by atoms with E-state index in [1.54, 1.807) is 11.8 Å². The summed E-state index contributed by atoms with van der Waals surface area (Å²) in [5, 5.41) is 0.510. The fourth-order valence-electron chi connectivity index (χ4n) is 2.42. The van der Waals surface area contributed by atoms with Crippen LogP contribution in [0.25, 0.3) is 0 Å². The number of rotatable bonds is 5. The number of nitrogens with two attached hydrogens (primary N) is 1. The van der Waals surface area contributed by atoms with Gasteiger partial charge in [-0.15, -0.1) is 0 Å². The Kier molecular flexibility index (Phi) is 5.06. The Balaban J connectivity index is 2.14. The Labute approximate surface area is 123 Å². The molecule has 1 aliphatic rings. The topological polar surface area (TPSA) is 72.2 Å². The van der Waals surface area contributed by atoms with E-state index in [2.05, 4.69) is 4.72 Å². The van der Waals surface area contributed by atoms with Crippen molar-refractivity contribution in [1.29, 1.82) is 0 Å². The van der Waals surface area contributed by atoms with Crippen LogP contribution in [-0.2, 0) is 16.6 Å². The van der Waals surface area contributed by atoms with Crippen molar-refractivity contribution in [2.75, 3.05) is 6.26 Å². The minimum absolute atomic E-state index is 0.0207. The summed E-state index contributed by atoms with van der Waals surface area (Å²) in [5.41, 5.74) is 5.61. The summed E-state index contributed by atoms with van der Waals surface area (Å²) in [6.45, 7) is -0.0207. The second-order valence-electron chi connectivity index (χ2n) is 4.95. The molecule has 2 unspecified atom stereocenters. The molecule has 2 atom stereocenters. The quantitative estimate of drug-likeness (QED) is 0.869. The average Bonchev–Trinajstić information content (AvgIpc) is 2.86. The van der Waals surface area contributed by atoms with Gasteiger partial charge in [-0.3, -0.25) is 0 Å². The van der Waals surface area contributed by atoms with Crippen LogP contribution in [0.3, 0.4) is 0 Å². The molecule has 20 heavy (non-hydrogen) atoms. The third-order valence-electron chi connectivity index (χ3n) is 3.59. The zero-order valence-corrected chi connectivity index (χ0v) is 12.9. The highest BCUT2D eigenvalue weighted by molar-refractivity contribution is 7.99. The predicted molar refractivity (Wildman–Crippen MR) is 79.6 cm³/mol. The highest BCUT2D eigenvalue weighted by atomic mass is 32.2. The van der Waals surface area contributed by atoms with E-state index in [0.717, 1.165) is 25.3 Å². The van der Waals surface area contributed by atoms with Gasteiger partial charge in [0.15, 0.2) is 0 Å². The smallest absolute Gasteiger partial charge is 0.240 e. The molecular weight excluding hydrogens is 299 g/mol. The third kappa shape index (κ3) is 3.52. The van der Waals surface area contributed by atoms with Crippen molar-refractivity contribution in [3.8, 4) is 0 Å². The van der Waals surface area contributed by atoms with Crippen LogP contribution in [0.15, 0.2) is 23.1 Å². The number of hydrogen-bond donors (Lipinski definition) is 2. The lowest BCUT2D eigenvalue weighted by molar-refractivity contribution is 0.551. The normalized spacial score (nSPS) is 23.1. The van der Waals surface area contributed by atoms with Crippen molar-refractivity contribution in [3.05, 3.63) is 29.6 Å². The Bertz CT molecular complexity index is 578. The molecule has 4 nitrogen and oxygen atoms in total. The molecule has 3 N–H and O–H groups in total. The summed E-state index contributed by atoms with van der Waals surface area (Å²) in [6, 6.07) is 3.69. The first kappa shape index (κ1) is 15.8. The maximum absolute atomic E-state index is 13.4. The second kappa shape index (κ2) is 6.43. The van der Waals surface area contributed by atoms with E-state index >= 15 is 0 Å². The summed E-state index contributed by atoms with van der Waals surface area (Å²) in [6.07, 6.45) is 4.74. The van der Waals surface area contributed by atoms with E-state index in [4.69, 9.17) is 5.73 Å². The van der Waals surface area contributed by atoms with Gasteiger partial charge in [0.25, 0.3) is 0 Å². The monoisotopic (exact) mass is 318 g/mol. The zero-order valence-electron chi connectivity index (χ0n) is 11.3. The van der Waals surface area contributed by atoms with Gasteiger partial charge in [0.1, 0.15) is 5.82 Å². The molecule has 0 amide bonds. The number of halogens is 1. The van der Waals surface area contributed by atoms with Crippen LogP contribution < -0.4 is 10.5 Å². The molecule has 1 aromatic carbocycles. The van der Waals surface area contributed by atoms with Crippen molar-refractivity contribution in [3.63, 3.8) is 0 Å². The summed E-state index contributed by atoms with van der Waals surface area (Å²) in [4.78, 5) is 0.0759. The Morgan fingerprint density at radius 3 is 2.80 bits per heavy atom. The second-order valence-corrected chi connectivity index (χ2v) is 7.80. The van der Waals surface area contributed by atoms with Gasteiger partial charge in [-0.05, 0) is 43.7 Å². The summed E-state index contributed by atoms with van der Waals surface area (Å²) < 4.78 is 40.6. The van der Waals surface area contributed by atoms with Gasteiger partial charge in [0, 0.05) is 23.4 Å². The first-order valence-corrected chi connectivity index (χ1v) is 9.27. The molecule has 0 saturated heterocycles. The number of hydrogen-bond acceptors (Lipinski definition) is 4. The summed E-state index contributed by atoms with van der Waals surface area (Å²) in [5.74, 6) is -0.477. The van der Waals surface area contributed by atoms with Crippen molar-refractivity contribution < 1.29 is 12.8 Å². The number of sulfonamides is 1. The molecule has 1 fully saturated rings. The molecule has 0 spiro atoms. The van der Waals surface area contributed by atoms with Crippen molar-refractivity contribution in [2.45, 2.75) is 42.0 Å². The fourth-order valence-corrected chi connectivity index (χ4v) is 4.55. The minimum Gasteiger partial charge on any atom is -0.326 e. The van der Waals surface area contributed by atoms with Gasteiger partial charge < -0.3 is 5.73 Å². The Hall–Kier alpha value is -0.630. The highest BCUT2D eigenvalue weighted by Gasteiger charge is 2.28. The summed E-state index contributed by atoms with van der Waals surface area (Å²) in [7, 11) is -3.61. The van der Waals surface area contributed by atoms with E-state index in [-0.39, 0.29) is 23.0 Å². The van der Waals surface area contributed by atoms with Crippen LogP contribution in [0.4, 0.5) is 4.39 Å². The lowest BCUT2D eigenvalue weighted by atomic mass is 10.2. The number of thioether (sulfide) groups is 1. The average molecular weight is 318 g/mol. The van der Waals surface area contributed by atoms with E-state index in [1.165, 1.54) is 12.1 Å². The Morgan fingerprint density at radius 1 is 1.45 bits per heavy atom. The molecule has 0 aliphatic heterocycles. The van der Waals surface area contributed by atoms with Crippen LogP contribution in [0, 0.1) is 5.82 Å². The van der Waals surface area contributed by atoms with Crippen LogP contribution in [0.5, 0.6) is 0 Å². The molecular formula is C13H19FN2O2S2. The highest BCUT2D eigenvalue weighted by Crippen LogP contribution is 2.29. The van der Waals surface area contributed by atoms with E-state index in [1.807, 2.05) is 6.26 Å². The predicted octanol–water partition coefficient (Wildman–Crippen LogP) is 1.85. The van der Waals surface area contributed by atoms with E-state index in [0.29, 0.717) is 5.25 Å². The van der Waals surface area contributed by atoms with Crippen molar-refractivity contribution in [2.24, 2.45) is 5.73 Å². The molecule has 0 aromatic heterocycles. The standard InChI is InChI=1S/C13H19FN2O2S2/c1-19-11-3-2-10(7-11)16-20(17,18)12-4-5-13(14)9(6-12)8-15/h4-6,10-11,16H,2-3,7-8,15H2,1H3. The summed E-state index contributed by atoms with van der Waals surface area (Å²) >= 11 is 1.77. The molecule has 1 aliphatic carbocycles. The lowest BCUT2D eigenvalue weighted by Gasteiger charge is -2.14. The first-order valence-electron chi connectivity index (χ1n) is 6.50. The van der Waals surface area contributed by atoms with Gasteiger partial charge in [-0.1, -0.05) is 0 Å². The molecule has 112 valence electrons. The van der Waals surface area contributed by atoms with Crippen molar-refractivity contribution >= 4 is 21.8 Å². The van der Waals surface area contributed by atoms with Gasteiger partial charge in [-0.2, -0.15) is 11.8 Å². The van der Waals surface area contributed by atoms with Crippen LogP contribution in [0.1, 0.15) is 24.8 Å².